The van der Waals surface area contributed by atoms with Crippen molar-refractivity contribution in [2.45, 2.75) is 19.9 Å². The molecule has 1 heterocycles. The molecule has 118 valence electrons. The first-order valence-corrected chi connectivity index (χ1v) is 7.44. The lowest BCUT2D eigenvalue weighted by Crippen LogP contribution is -2.86. The van der Waals surface area contributed by atoms with Gasteiger partial charge in [0.1, 0.15) is 12.6 Å². The zero-order chi connectivity index (χ0) is 15.9. The number of esters is 1. The van der Waals surface area contributed by atoms with Gasteiger partial charge in [0.15, 0.2) is 0 Å². The molecule has 0 aliphatic carbocycles. The number of carbonyl (C=O) groups excluding carboxylic acids is 2. The van der Waals surface area contributed by atoms with Crippen molar-refractivity contribution < 1.29 is 19.6 Å². The van der Waals surface area contributed by atoms with Crippen LogP contribution in [-0.4, -0.2) is 31.7 Å². The Hall–Kier alpha value is -2.34. The Bertz CT molecular complexity index is 569. The quantitative estimate of drug-likeness (QED) is 0.667. The van der Waals surface area contributed by atoms with Crippen molar-refractivity contribution in [1.82, 2.24) is 10.6 Å². The summed E-state index contributed by atoms with van der Waals surface area (Å²) in [6.07, 6.45) is 0. The molecule has 2 rings (SSSR count). The highest BCUT2D eigenvalue weighted by atomic mass is 16.5. The molecule has 1 atom stereocenters. The lowest BCUT2D eigenvalue weighted by molar-refractivity contribution is -0.686. The summed E-state index contributed by atoms with van der Waals surface area (Å²) in [5.41, 5.74) is 2.30. The molecular weight excluding hydrogens is 282 g/mol. The third-order valence-electron chi connectivity index (χ3n) is 3.58. The number of urea groups is 1. The molecule has 0 fully saturated rings. The third-order valence-corrected chi connectivity index (χ3v) is 3.58. The molecule has 0 spiro atoms. The highest BCUT2D eigenvalue weighted by Crippen LogP contribution is 2.09. The number of ether oxygens (including phenoxy) is 1. The van der Waals surface area contributed by atoms with E-state index in [9.17, 15) is 9.59 Å². The van der Waals surface area contributed by atoms with Crippen LogP contribution in [0.15, 0.2) is 41.6 Å². The van der Waals surface area contributed by atoms with Crippen molar-refractivity contribution in [3.05, 3.63) is 47.2 Å². The fourth-order valence-corrected chi connectivity index (χ4v) is 2.31. The molecule has 22 heavy (non-hydrogen) atoms. The molecule has 1 aromatic rings. The number of nitrogens with one attached hydrogen (secondary N) is 2. The van der Waals surface area contributed by atoms with Crippen LogP contribution in [0.3, 0.4) is 0 Å². The fraction of sp³-hybridized carbons (Fsp3) is 0.375. The fourth-order valence-electron chi connectivity index (χ4n) is 2.31. The average molecular weight is 304 g/mol. The summed E-state index contributed by atoms with van der Waals surface area (Å²) in [7, 11) is 0. The molecule has 1 aliphatic rings. The number of quaternary nitrogens is 1. The van der Waals surface area contributed by atoms with Crippen LogP contribution < -0.4 is 16.0 Å². The number of hydrogen-bond acceptors (Lipinski definition) is 3. The zero-order valence-electron chi connectivity index (χ0n) is 12.9. The van der Waals surface area contributed by atoms with Gasteiger partial charge >= 0.3 is 12.0 Å². The van der Waals surface area contributed by atoms with E-state index in [1.54, 1.807) is 6.92 Å². The van der Waals surface area contributed by atoms with Gasteiger partial charge in [0.05, 0.1) is 24.4 Å². The van der Waals surface area contributed by atoms with Crippen molar-refractivity contribution in [2.75, 3.05) is 19.7 Å². The summed E-state index contributed by atoms with van der Waals surface area (Å²) in [5.74, 6) is -0.384. The Morgan fingerprint density at radius 2 is 2.09 bits per heavy atom. The van der Waals surface area contributed by atoms with E-state index in [2.05, 4.69) is 35.0 Å². The van der Waals surface area contributed by atoms with E-state index in [-0.39, 0.29) is 24.6 Å². The van der Waals surface area contributed by atoms with Gasteiger partial charge in [-0.25, -0.2) is 9.59 Å². The molecule has 0 aromatic heterocycles. The standard InChI is InChI=1S/C16H21N3O3/c1-3-22-15(20)13-9-18-16(21)19-14(13)10-17-11(2)12-7-5-4-6-8-12/h4-8,11,17H,3,9-10H2,1-2H3,(H2,18,19,21)/p+1/t11-/m0/s1. The lowest BCUT2D eigenvalue weighted by Gasteiger charge is -2.21. The van der Waals surface area contributed by atoms with Crippen LogP contribution >= 0.6 is 0 Å². The SMILES string of the molecule is CCOC(=O)C1=C(C[NH2+][C@@H](C)c2ccccc2)NC(=O)NC1. The molecule has 4 N–H and O–H groups in total. The zero-order valence-corrected chi connectivity index (χ0v) is 12.9. The molecule has 1 aromatic carbocycles. The molecule has 6 heteroatoms. The smallest absolute Gasteiger partial charge is 0.337 e. The summed E-state index contributed by atoms with van der Waals surface area (Å²) >= 11 is 0. The molecule has 6 nitrogen and oxygen atoms in total. The topological polar surface area (TPSA) is 84.0 Å². The first-order valence-electron chi connectivity index (χ1n) is 7.44. The third kappa shape index (κ3) is 4.08. The number of benzene rings is 1. The Morgan fingerprint density at radius 1 is 1.36 bits per heavy atom. The second-order valence-corrected chi connectivity index (χ2v) is 5.12. The van der Waals surface area contributed by atoms with Crippen molar-refractivity contribution in [1.29, 1.82) is 0 Å². The Balaban J connectivity index is 2.06. The van der Waals surface area contributed by atoms with Crippen LogP contribution in [0.25, 0.3) is 0 Å². The molecule has 0 saturated heterocycles. The minimum atomic E-state index is -0.384. The molecule has 0 saturated carbocycles. The van der Waals surface area contributed by atoms with E-state index in [1.807, 2.05) is 18.2 Å². The van der Waals surface area contributed by atoms with Crippen LogP contribution in [0.5, 0.6) is 0 Å². The van der Waals surface area contributed by atoms with E-state index in [1.165, 1.54) is 5.56 Å². The first-order chi connectivity index (χ1) is 10.6. The molecular formula is C16H22N3O3+. The number of hydrogen-bond donors (Lipinski definition) is 3. The van der Waals surface area contributed by atoms with Crippen LogP contribution in [0.2, 0.25) is 0 Å². The Labute approximate surface area is 129 Å². The van der Waals surface area contributed by atoms with E-state index >= 15 is 0 Å². The maximum atomic E-state index is 11.9. The summed E-state index contributed by atoms with van der Waals surface area (Å²) < 4.78 is 5.04. The number of amides is 2. The van der Waals surface area contributed by atoms with Gasteiger partial charge in [0, 0.05) is 5.56 Å². The Morgan fingerprint density at radius 3 is 2.77 bits per heavy atom. The predicted molar refractivity (Wildman–Crippen MR) is 81.8 cm³/mol. The largest absolute Gasteiger partial charge is 0.463 e. The maximum Gasteiger partial charge on any atom is 0.337 e. The second-order valence-electron chi connectivity index (χ2n) is 5.12. The normalized spacial score (nSPS) is 15.8. The van der Waals surface area contributed by atoms with Gasteiger partial charge in [-0.05, 0) is 13.8 Å². The second kappa shape index (κ2) is 7.61. The van der Waals surface area contributed by atoms with Crippen molar-refractivity contribution in [3.63, 3.8) is 0 Å². The van der Waals surface area contributed by atoms with Gasteiger partial charge in [-0.1, -0.05) is 30.3 Å². The lowest BCUT2D eigenvalue weighted by atomic mass is 10.1. The molecule has 0 radical (unpaired) electrons. The Kier molecular flexibility index (Phi) is 5.55. The van der Waals surface area contributed by atoms with Crippen LogP contribution in [0.1, 0.15) is 25.5 Å². The van der Waals surface area contributed by atoms with E-state index in [0.717, 1.165) is 0 Å². The maximum absolute atomic E-state index is 11.9. The summed E-state index contributed by atoms with van der Waals surface area (Å²) in [4.78, 5) is 23.4. The number of nitrogens with two attached hydrogens (primary N) is 1. The van der Waals surface area contributed by atoms with Crippen LogP contribution in [0.4, 0.5) is 4.79 Å². The number of carbonyl (C=O) groups is 2. The summed E-state index contributed by atoms with van der Waals surface area (Å²) in [6.45, 7) is 4.87. The molecule has 2 amide bonds. The van der Waals surface area contributed by atoms with Gasteiger partial charge in [0.2, 0.25) is 0 Å². The minimum absolute atomic E-state index is 0.202. The van der Waals surface area contributed by atoms with E-state index < -0.39 is 0 Å². The van der Waals surface area contributed by atoms with Crippen molar-refractivity contribution in [3.8, 4) is 0 Å². The van der Waals surface area contributed by atoms with Crippen LogP contribution in [-0.2, 0) is 9.53 Å². The number of rotatable bonds is 6. The van der Waals surface area contributed by atoms with Gasteiger partial charge in [-0.3, -0.25) is 0 Å². The molecule has 0 bridgehead atoms. The predicted octanol–water partition coefficient (Wildman–Crippen LogP) is 0.441. The highest BCUT2D eigenvalue weighted by Gasteiger charge is 2.25. The van der Waals surface area contributed by atoms with Gasteiger partial charge in [-0.2, -0.15) is 0 Å². The van der Waals surface area contributed by atoms with Crippen LogP contribution in [0, 0.1) is 0 Å². The van der Waals surface area contributed by atoms with Gasteiger partial charge in [-0.15, -0.1) is 0 Å². The monoisotopic (exact) mass is 304 g/mol. The molecule has 0 unspecified atom stereocenters. The molecule has 1 aliphatic heterocycles. The minimum Gasteiger partial charge on any atom is -0.463 e. The highest BCUT2D eigenvalue weighted by molar-refractivity contribution is 5.93. The van der Waals surface area contributed by atoms with Gasteiger partial charge in [0.25, 0.3) is 0 Å². The average Bonchev–Trinajstić information content (AvgIpc) is 2.53. The van der Waals surface area contributed by atoms with E-state index in [0.29, 0.717) is 24.4 Å². The summed E-state index contributed by atoms with van der Waals surface area (Å²) in [5, 5.41) is 7.39. The van der Waals surface area contributed by atoms with Gasteiger partial charge < -0.3 is 20.7 Å². The summed E-state index contributed by atoms with van der Waals surface area (Å²) in [6, 6.07) is 10.0. The van der Waals surface area contributed by atoms with Crippen molar-refractivity contribution >= 4 is 12.0 Å². The van der Waals surface area contributed by atoms with E-state index in [4.69, 9.17) is 4.74 Å². The van der Waals surface area contributed by atoms with Crippen molar-refractivity contribution in [2.24, 2.45) is 0 Å². The first kappa shape index (κ1) is 16.0.